The summed E-state index contributed by atoms with van der Waals surface area (Å²) in [5.41, 5.74) is 5.72. The second-order valence-corrected chi connectivity index (χ2v) is 4.37. The van der Waals surface area contributed by atoms with E-state index in [2.05, 4.69) is 0 Å². The molecule has 1 aliphatic rings. The number of hydrogen-bond donors (Lipinski definition) is 1. The molecular formula is C9H18F2N2. The van der Waals surface area contributed by atoms with Gasteiger partial charge in [0.15, 0.2) is 0 Å². The molecule has 4 heteroatoms. The molecule has 2 nitrogen and oxygen atoms in total. The van der Waals surface area contributed by atoms with E-state index < -0.39 is 6.43 Å². The van der Waals surface area contributed by atoms with Gasteiger partial charge in [-0.15, -0.1) is 0 Å². The lowest BCUT2D eigenvalue weighted by atomic mass is 9.97. The third kappa shape index (κ3) is 3.56. The molecule has 0 aromatic rings. The van der Waals surface area contributed by atoms with Crippen LogP contribution in [0.3, 0.4) is 0 Å². The Hall–Kier alpha value is -0.220. The molecule has 1 rings (SSSR count). The van der Waals surface area contributed by atoms with Crippen molar-refractivity contribution in [3.63, 3.8) is 0 Å². The zero-order chi connectivity index (χ0) is 10.1. The average molecular weight is 192 g/mol. The Morgan fingerprint density at radius 1 is 1.54 bits per heavy atom. The van der Waals surface area contributed by atoms with Crippen LogP contribution in [0.5, 0.6) is 0 Å². The van der Waals surface area contributed by atoms with Gasteiger partial charge in [0.1, 0.15) is 0 Å². The van der Waals surface area contributed by atoms with Crippen LogP contribution >= 0.6 is 0 Å². The molecule has 1 unspecified atom stereocenters. The maximum Gasteiger partial charge on any atom is 0.251 e. The van der Waals surface area contributed by atoms with Crippen LogP contribution in [0.15, 0.2) is 0 Å². The maximum atomic E-state index is 12.0. The topological polar surface area (TPSA) is 29.3 Å². The van der Waals surface area contributed by atoms with Crippen molar-refractivity contribution < 1.29 is 8.78 Å². The molecule has 0 heterocycles. The summed E-state index contributed by atoms with van der Waals surface area (Å²) in [6, 6.07) is 0. The maximum absolute atomic E-state index is 12.0. The van der Waals surface area contributed by atoms with Crippen molar-refractivity contribution in [3.05, 3.63) is 0 Å². The molecule has 0 saturated heterocycles. The summed E-state index contributed by atoms with van der Waals surface area (Å²) in [6.07, 6.45) is 0.0328. The van der Waals surface area contributed by atoms with Crippen molar-refractivity contribution in [3.8, 4) is 0 Å². The van der Waals surface area contributed by atoms with Crippen LogP contribution in [0.25, 0.3) is 0 Å². The van der Waals surface area contributed by atoms with Crippen LogP contribution in [0.2, 0.25) is 0 Å². The van der Waals surface area contributed by atoms with E-state index in [-0.39, 0.29) is 12.1 Å². The predicted octanol–water partition coefficient (Wildman–Crippen LogP) is 1.31. The van der Waals surface area contributed by atoms with E-state index in [9.17, 15) is 8.78 Å². The summed E-state index contributed by atoms with van der Waals surface area (Å²) in [5, 5.41) is 0. The first-order valence-electron chi connectivity index (χ1n) is 4.67. The number of hydrogen-bond acceptors (Lipinski definition) is 2. The van der Waals surface area contributed by atoms with Crippen LogP contribution in [0, 0.1) is 5.92 Å². The van der Waals surface area contributed by atoms with Gasteiger partial charge in [-0.1, -0.05) is 0 Å². The van der Waals surface area contributed by atoms with Gasteiger partial charge in [-0.25, -0.2) is 8.78 Å². The van der Waals surface area contributed by atoms with Gasteiger partial charge in [0.2, 0.25) is 0 Å². The molecular weight excluding hydrogens is 174 g/mol. The third-order valence-electron chi connectivity index (χ3n) is 2.57. The molecule has 78 valence electrons. The van der Waals surface area contributed by atoms with Gasteiger partial charge in [0.05, 0.1) is 6.54 Å². The van der Waals surface area contributed by atoms with E-state index in [1.54, 1.807) is 11.9 Å². The lowest BCUT2D eigenvalue weighted by Crippen LogP contribution is -2.49. The first-order chi connectivity index (χ1) is 5.92. The van der Waals surface area contributed by atoms with Crippen LogP contribution in [-0.2, 0) is 0 Å². The van der Waals surface area contributed by atoms with Crippen molar-refractivity contribution in [2.75, 3.05) is 20.1 Å². The van der Waals surface area contributed by atoms with Gasteiger partial charge in [-0.2, -0.15) is 0 Å². The molecule has 1 saturated carbocycles. The summed E-state index contributed by atoms with van der Waals surface area (Å²) < 4.78 is 24.0. The summed E-state index contributed by atoms with van der Waals surface area (Å²) in [7, 11) is 1.69. The van der Waals surface area contributed by atoms with Crippen LogP contribution in [0.1, 0.15) is 19.8 Å². The van der Waals surface area contributed by atoms with Gasteiger partial charge >= 0.3 is 0 Å². The Morgan fingerprint density at radius 2 is 2.08 bits per heavy atom. The Balaban J connectivity index is 2.29. The minimum absolute atomic E-state index is 0.181. The lowest BCUT2D eigenvalue weighted by Gasteiger charge is -2.30. The van der Waals surface area contributed by atoms with Crippen LogP contribution in [0.4, 0.5) is 8.78 Å². The van der Waals surface area contributed by atoms with Crippen molar-refractivity contribution in [1.29, 1.82) is 0 Å². The Kier molecular flexibility index (Phi) is 3.24. The predicted molar refractivity (Wildman–Crippen MR) is 48.8 cm³/mol. The lowest BCUT2D eigenvalue weighted by molar-refractivity contribution is 0.0888. The zero-order valence-corrected chi connectivity index (χ0v) is 8.26. The van der Waals surface area contributed by atoms with Gasteiger partial charge in [0, 0.05) is 12.1 Å². The number of halogens is 2. The molecule has 1 atom stereocenters. The fourth-order valence-corrected chi connectivity index (χ4v) is 1.75. The molecule has 13 heavy (non-hydrogen) atoms. The highest BCUT2D eigenvalue weighted by Crippen LogP contribution is 2.38. The molecule has 0 spiro atoms. The monoisotopic (exact) mass is 192 g/mol. The SMILES string of the molecule is CN(CC(F)F)CC(C)(N)C1CC1. The Morgan fingerprint density at radius 3 is 2.46 bits per heavy atom. The van der Waals surface area contributed by atoms with E-state index >= 15 is 0 Å². The fourth-order valence-electron chi connectivity index (χ4n) is 1.75. The third-order valence-corrected chi connectivity index (χ3v) is 2.57. The second kappa shape index (κ2) is 3.88. The normalized spacial score (nSPS) is 22.4. The van der Waals surface area contributed by atoms with Crippen molar-refractivity contribution in [1.82, 2.24) is 4.90 Å². The van der Waals surface area contributed by atoms with E-state index in [4.69, 9.17) is 5.73 Å². The van der Waals surface area contributed by atoms with Gasteiger partial charge < -0.3 is 5.73 Å². The highest BCUT2D eigenvalue weighted by molar-refractivity contribution is 4.96. The number of alkyl halides is 2. The van der Waals surface area contributed by atoms with Gasteiger partial charge in [-0.3, -0.25) is 4.90 Å². The first kappa shape index (κ1) is 10.9. The highest BCUT2D eigenvalue weighted by Gasteiger charge is 2.39. The molecule has 0 aromatic carbocycles. The minimum Gasteiger partial charge on any atom is -0.324 e. The quantitative estimate of drug-likeness (QED) is 0.711. The molecule has 1 aliphatic carbocycles. The van der Waals surface area contributed by atoms with E-state index in [0.717, 1.165) is 12.8 Å². The first-order valence-corrected chi connectivity index (χ1v) is 4.67. The van der Waals surface area contributed by atoms with E-state index in [0.29, 0.717) is 12.5 Å². The molecule has 2 N–H and O–H groups in total. The van der Waals surface area contributed by atoms with Gasteiger partial charge in [0.25, 0.3) is 6.43 Å². The largest absolute Gasteiger partial charge is 0.324 e. The smallest absolute Gasteiger partial charge is 0.251 e. The molecule has 1 fully saturated rings. The van der Waals surface area contributed by atoms with Crippen molar-refractivity contribution in [2.45, 2.75) is 31.7 Å². The Labute approximate surface area is 78.1 Å². The molecule has 0 bridgehead atoms. The van der Waals surface area contributed by atoms with E-state index in [1.165, 1.54) is 0 Å². The van der Waals surface area contributed by atoms with Crippen LogP contribution < -0.4 is 5.73 Å². The zero-order valence-electron chi connectivity index (χ0n) is 8.26. The second-order valence-electron chi connectivity index (χ2n) is 4.37. The van der Waals surface area contributed by atoms with Gasteiger partial charge in [-0.05, 0) is 32.7 Å². The molecule has 0 amide bonds. The summed E-state index contributed by atoms with van der Waals surface area (Å²) in [5.74, 6) is 0.535. The highest BCUT2D eigenvalue weighted by atomic mass is 19.3. The number of nitrogens with two attached hydrogens (primary N) is 1. The van der Waals surface area contributed by atoms with Crippen molar-refractivity contribution in [2.24, 2.45) is 11.7 Å². The molecule has 0 aromatic heterocycles. The standard InChI is InChI=1S/C9H18F2N2/c1-9(12,7-3-4-7)6-13(2)5-8(10)11/h7-8H,3-6,12H2,1-2H3. The number of likely N-dealkylation sites (N-methyl/N-ethyl adjacent to an activating group) is 1. The van der Waals surface area contributed by atoms with E-state index in [1.807, 2.05) is 6.92 Å². The molecule has 0 aliphatic heterocycles. The summed E-state index contributed by atoms with van der Waals surface area (Å²) >= 11 is 0. The number of nitrogens with zero attached hydrogens (tertiary/aromatic N) is 1. The van der Waals surface area contributed by atoms with Crippen molar-refractivity contribution >= 4 is 0 Å². The fraction of sp³-hybridized carbons (Fsp3) is 1.00. The minimum atomic E-state index is -2.26. The summed E-state index contributed by atoms with van der Waals surface area (Å²) in [6.45, 7) is 2.33. The molecule has 0 radical (unpaired) electrons. The Bertz CT molecular complexity index is 167. The number of rotatable bonds is 5. The summed E-state index contributed by atoms with van der Waals surface area (Å²) in [4.78, 5) is 1.61. The van der Waals surface area contributed by atoms with Crippen LogP contribution in [-0.4, -0.2) is 37.0 Å². The average Bonchev–Trinajstić information content (AvgIpc) is 2.60.